The molecule has 1 atom stereocenters. The number of nitrogens with two attached hydrogens (primary N) is 1. The molecule has 1 unspecified atom stereocenters. The van der Waals surface area contributed by atoms with E-state index in [4.69, 9.17) is 5.73 Å². The van der Waals surface area contributed by atoms with Crippen LogP contribution in [0.3, 0.4) is 0 Å². The minimum Gasteiger partial charge on any atom is -0.329 e. The quantitative estimate of drug-likeness (QED) is 0.727. The highest BCUT2D eigenvalue weighted by molar-refractivity contribution is 4.86. The zero-order chi connectivity index (χ0) is 13.6. The molecule has 0 aliphatic carbocycles. The van der Waals surface area contributed by atoms with Crippen LogP contribution in [-0.4, -0.2) is 79.6 Å². The number of rotatable bonds is 7. The normalized spacial score (nSPS) is 22.3. The Morgan fingerprint density at radius 2 is 1.78 bits per heavy atom. The molecule has 0 aromatic heterocycles. The van der Waals surface area contributed by atoms with Gasteiger partial charge in [-0.05, 0) is 26.9 Å². The molecule has 0 bridgehead atoms. The molecule has 4 nitrogen and oxygen atoms in total. The van der Waals surface area contributed by atoms with Crippen LogP contribution in [-0.2, 0) is 0 Å². The summed E-state index contributed by atoms with van der Waals surface area (Å²) < 4.78 is 0. The summed E-state index contributed by atoms with van der Waals surface area (Å²) in [7, 11) is 2.21. The second kappa shape index (κ2) is 7.43. The van der Waals surface area contributed by atoms with Crippen molar-refractivity contribution < 1.29 is 0 Å². The average molecular weight is 256 g/mol. The van der Waals surface area contributed by atoms with Gasteiger partial charge in [0.15, 0.2) is 0 Å². The number of nitrogens with zero attached hydrogens (tertiary/aromatic N) is 3. The van der Waals surface area contributed by atoms with Crippen LogP contribution in [0, 0.1) is 0 Å². The fourth-order valence-electron chi connectivity index (χ4n) is 2.64. The van der Waals surface area contributed by atoms with Crippen LogP contribution in [0.15, 0.2) is 0 Å². The molecule has 0 saturated carbocycles. The van der Waals surface area contributed by atoms with Crippen molar-refractivity contribution in [2.45, 2.75) is 32.7 Å². The molecule has 2 N–H and O–H groups in total. The lowest BCUT2D eigenvalue weighted by Gasteiger charge is -2.41. The van der Waals surface area contributed by atoms with Crippen LogP contribution >= 0.6 is 0 Å². The van der Waals surface area contributed by atoms with Crippen LogP contribution in [0.5, 0.6) is 0 Å². The van der Waals surface area contributed by atoms with Gasteiger partial charge < -0.3 is 10.6 Å². The first-order chi connectivity index (χ1) is 8.55. The molecule has 1 saturated heterocycles. The fraction of sp³-hybridized carbons (Fsp3) is 1.00. The van der Waals surface area contributed by atoms with Crippen molar-refractivity contribution in [1.29, 1.82) is 0 Å². The van der Waals surface area contributed by atoms with Gasteiger partial charge in [0.1, 0.15) is 0 Å². The molecule has 0 amide bonds. The van der Waals surface area contributed by atoms with Crippen LogP contribution < -0.4 is 5.73 Å². The lowest BCUT2D eigenvalue weighted by molar-refractivity contribution is 0.0811. The van der Waals surface area contributed by atoms with E-state index in [0.29, 0.717) is 0 Å². The molecule has 1 aliphatic heterocycles. The van der Waals surface area contributed by atoms with Gasteiger partial charge in [0.25, 0.3) is 0 Å². The molecule has 108 valence electrons. The first-order valence-corrected chi connectivity index (χ1v) is 7.41. The fourth-order valence-corrected chi connectivity index (χ4v) is 2.64. The lowest BCUT2D eigenvalue weighted by Crippen LogP contribution is -2.54. The second-order valence-electron chi connectivity index (χ2n) is 5.78. The molecule has 0 aromatic carbocycles. The Morgan fingerprint density at radius 1 is 1.17 bits per heavy atom. The van der Waals surface area contributed by atoms with Crippen molar-refractivity contribution >= 4 is 0 Å². The molecule has 1 fully saturated rings. The summed E-state index contributed by atoms with van der Waals surface area (Å²) in [6.07, 6.45) is 1.13. The largest absolute Gasteiger partial charge is 0.329 e. The third kappa shape index (κ3) is 4.19. The van der Waals surface area contributed by atoms with E-state index in [2.05, 4.69) is 42.5 Å². The van der Waals surface area contributed by atoms with E-state index in [1.165, 1.54) is 32.7 Å². The van der Waals surface area contributed by atoms with Gasteiger partial charge >= 0.3 is 0 Å². The summed E-state index contributed by atoms with van der Waals surface area (Å²) >= 11 is 0. The van der Waals surface area contributed by atoms with Gasteiger partial charge in [0, 0.05) is 51.4 Å². The topological polar surface area (TPSA) is 35.7 Å². The van der Waals surface area contributed by atoms with E-state index < -0.39 is 0 Å². The second-order valence-corrected chi connectivity index (χ2v) is 5.78. The molecule has 4 heteroatoms. The Morgan fingerprint density at radius 3 is 2.22 bits per heavy atom. The van der Waals surface area contributed by atoms with Gasteiger partial charge in [0.05, 0.1) is 0 Å². The Bertz CT molecular complexity index is 220. The maximum atomic E-state index is 5.96. The van der Waals surface area contributed by atoms with Crippen molar-refractivity contribution in [2.24, 2.45) is 5.73 Å². The Kier molecular flexibility index (Phi) is 6.57. The van der Waals surface area contributed by atoms with Gasteiger partial charge in [-0.25, -0.2) is 0 Å². The minimum absolute atomic E-state index is 0.168. The van der Waals surface area contributed by atoms with Crippen molar-refractivity contribution in [3.63, 3.8) is 0 Å². The van der Waals surface area contributed by atoms with Crippen molar-refractivity contribution in [2.75, 3.05) is 59.4 Å². The van der Waals surface area contributed by atoms with Crippen LogP contribution in [0.4, 0.5) is 0 Å². The SMILES string of the molecule is CCN(CCN1CCN(C)CC1)C(C)(CC)CN. The van der Waals surface area contributed by atoms with E-state index in [0.717, 1.165) is 26.1 Å². The highest BCUT2D eigenvalue weighted by Gasteiger charge is 2.27. The Hall–Kier alpha value is -0.160. The number of likely N-dealkylation sites (N-methyl/N-ethyl adjacent to an activating group) is 2. The number of piperazine rings is 1. The first kappa shape index (κ1) is 15.9. The van der Waals surface area contributed by atoms with Crippen molar-refractivity contribution in [1.82, 2.24) is 14.7 Å². The summed E-state index contributed by atoms with van der Waals surface area (Å²) in [6, 6.07) is 0. The number of hydrogen-bond donors (Lipinski definition) is 1. The maximum absolute atomic E-state index is 5.96. The van der Waals surface area contributed by atoms with Gasteiger partial charge in [-0.3, -0.25) is 9.80 Å². The third-order valence-corrected chi connectivity index (χ3v) is 4.63. The predicted octanol–water partition coefficient (Wildman–Crippen LogP) is 0.683. The zero-order valence-corrected chi connectivity index (χ0v) is 12.8. The molecule has 0 aromatic rings. The third-order valence-electron chi connectivity index (χ3n) is 4.63. The predicted molar refractivity (Wildman–Crippen MR) is 78.9 cm³/mol. The smallest absolute Gasteiger partial charge is 0.0301 e. The van der Waals surface area contributed by atoms with Gasteiger partial charge in [-0.1, -0.05) is 13.8 Å². The first-order valence-electron chi connectivity index (χ1n) is 7.41. The van der Waals surface area contributed by atoms with E-state index in [1.807, 2.05) is 0 Å². The molecular formula is C14H32N4. The summed E-state index contributed by atoms with van der Waals surface area (Å²) in [5.74, 6) is 0. The van der Waals surface area contributed by atoms with Crippen LogP contribution in [0.2, 0.25) is 0 Å². The van der Waals surface area contributed by atoms with Crippen LogP contribution in [0.1, 0.15) is 27.2 Å². The van der Waals surface area contributed by atoms with E-state index >= 15 is 0 Å². The summed E-state index contributed by atoms with van der Waals surface area (Å²) in [4.78, 5) is 7.53. The lowest BCUT2D eigenvalue weighted by atomic mass is 9.96. The minimum atomic E-state index is 0.168. The standard InChI is InChI=1S/C14H32N4/c1-5-14(3,13-15)18(6-2)12-11-17-9-7-16(4)8-10-17/h5-13,15H2,1-4H3. The van der Waals surface area contributed by atoms with Gasteiger partial charge in [-0.2, -0.15) is 0 Å². The number of hydrogen-bond acceptors (Lipinski definition) is 4. The van der Waals surface area contributed by atoms with E-state index in [1.54, 1.807) is 0 Å². The Balaban J connectivity index is 2.39. The molecule has 18 heavy (non-hydrogen) atoms. The zero-order valence-electron chi connectivity index (χ0n) is 12.8. The highest BCUT2D eigenvalue weighted by atomic mass is 15.3. The van der Waals surface area contributed by atoms with Crippen LogP contribution in [0.25, 0.3) is 0 Å². The van der Waals surface area contributed by atoms with Gasteiger partial charge in [-0.15, -0.1) is 0 Å². The van der Waals surface area contributed by atoms with Crippen molar-refractivity contribution in [3.05, 3.63) is 0 Å². The highest BCUT2D eigenvalue weighted by Crippen LogP contribution is 2.17. The molecule has 0 spiro atoms. The Labute approximate surface area is 113 Å². The molecular weight excluding hydrogens is 224 g/mol. The molecule has 0 radical (unpaired) electrons. The molecule has 1 aliphatic rings. The summed E-state index contributed by atoms with van der Waals surface area (Å²) in [6.45, 7) is 15.8. The monoisotopic (exact) mass is 256 g/mol. The van der Waals surface area contributed by atoms with Crippen molar-refractivity contribution in [3.8, 4) is 0 Å². The molecule has 1 heterocycles. The van der Waals surface area contributed by atoms with Gasteiger partial charge in [0.2, 0.25) is 0 Å². The van der Waals surface area contributed by atoms with E-state index in [-0.39, 0.29) is 5.54 Å². The summed E-state index contributed by atoms with van der Waals surface area (Å²) in [5.41, 5.74) is 6.13. The molecule has 1 rings (SSSR count). The average Bonchev–Trinajstić information content (AvgIpc) is 2.41. The summed E-state index contributed by atoms with van der Waals surface area (Å²) in [5, 5.41) is 0. The maximum Gasteiger partial charge on any atom is 0.0301 e. The van der Waals surface area contributed by atoms with E-state index in [9.17, 15) is 0 Å².